The van der Waals surface area contributed by atoms with Gasteiger partial charge in [-0.2, -0.15) is 4.98 Å². The lowest BCUT2D eigenvalue weighted by atomic mass is 10.2. The van der Waals surface area contributed by atoms with Crippen LogP contribution >= 0.6 is 11.6 Å². The van der Waals surface area contributed by atoms with E-state index in [2.05, 4.69) is 19.8 Å². The van der Waals surface area contributed by atoms with Gasteiger partial charge in [0, 0.05) is 50.1 Å². The first-order valence-electron chi connectivity index (χ1n) is 7.07. The molecule has 1 saturated heterocycles. The van der Waals surface area contributed by atoms with Crippen LogP contribution in [0.3, 0.4) is 0 Å². The first-order valence-corrected chi connectivity index (χ1v) is 7.45. The average molecular weight is 335 g/mol. The third-order valence-electron chi connectivity index (χ3n) is 3.73. The van der Waals surface area contributed by atoms with Crippen molar-refractivity contribution in [3.05, 3.63) is 45.6 Å². The van der Waals surface area contributed by atoms with Crippen molar-refractivity contribution in [1.29, 1.82) is 0 Å². The molecule has 0 bridgehead atoms. The number of benzene rings is 1. The number of nitrogen functional groups attached to an aromatic ring is 1. The van der Waals surface area contributed by atoms with Gasteiger partial charge in [-0.1, -0.05) is 11.6 Å². The van der Waals surface area contributed by atoms with Gasteiger partial charge in [-0.3, -0.25) is 10.1 Å². The van der Waals surface area contributed by atoms with E-state index in [1.54, 1.807) is 18.2 Å². The summed E-state index contributed by atoms with van der Waals surface area (Å²) in [6, 6.07) is 8.28. The summed E-state index contributed by atoms with van der Waals surface area (Å²) in [5.74, 6) is 0.871. The van der Waals surface area contributed by atoms with Crippen LogP contribution < -0.4 is 15.5 Å². The predicted octanol–water partition coefficient (Wildman–Crippen LogP) is 1.95. The van der Waals surface area contributed by atoms with Crippen LogP contribution in [0.25, 0.3) is 0 Å². The Balaban J connectivity index is 1.67. The molecule has 2 N–H and O–H groups in total. The molecule has 0 unspecified atom stereocenters. The first kappa shape index (κ1) is 15.3. The van der Waals surface area contributed by atoms with Crippen molar-refractivity contribution in [3.63, 3.8) is 0 Å². The van der Waals surface area contributed by atoms with Crippen LogP contribution in [0.15, 0.2) is 30.3 Å². The molecule has 1 aliphatic heterocycles. The quantitative estimate of drug-likeness (QED) is 0.520. The number of rotatable bonds is 3. The Morgan fingerprint density at radius 2 is 1.70 bits per heavy atom. The zero-order valence-electron chi connectivity index (χ0n) is 12.2. The number of nitro groups is 1. The van der Waals surface area contributed by atoms with Gasteiger partial charge in [0.1, 0.15) is 11.0 Å². The molecule has 1 aromatic carbocycles. The highest BCUT2D eigenvalue weighted by Gasteiger charge is 2.19. The topological polar surface area (TPSA) is 101 Å². The van der Waals surface area contributed by atoms with E-state index in [1.807, 2.05) is 0 Å². The number of non-ortho nitro benzene ring substituents is 1. The molecular formula is C14H15ClN6O2. The Hall–Kier alpha value is -2.61. The number of nitro benzene ring substituents is 1. The van der Waals surface area contributed by atoms with Gasteiger partial charge in [0.2, 0.25) is 5.95 Å². The zero-order chi connectivity index (χ0) is 16.4. The molecule has 9 heteroatoms. The number of hydrogen-bond acceptors (Lipinski definition) is 7. The molecule has 0 radical (unpaired) electrons. The summed E-state index contributed by atoms with van der Waals surface area (Å²) in [4.78, 5) is 22.6. The van der Waals surface area contributed by atoms with Crippen LogP contribution in [0.1, 0.15) is 0 Å². The third-order valence-corrected chi connectivity index (χ3v) is 3.92. The molecule has 0 amide bonds. The molecular weight excluding hydrogens is 320 g/mol. The largest absolute Gasteiger partial charge is 0.368 e. The van der Waals surface area contributed by atoms with E-state index >= 15 is 0 Å². The number of hydrogen-bond donors (Lipinski definition) is 1. The number of aromatic nitrogens is 2. The molecule has 0 atom stereocenters. The van der Waals surface area contributed by atoms with Crippen LogP contribution in [0, 0.1) is 10.1 Å². The minimum atomic E-state index is -0.398. The fourth-order valence-electron chi connectivity index (χ4n) is 2.56. The van der Waals surface area contributed by atoms with E-state index in [0.29, 0.717) is 11.0 Å². The summed E-state index contributed by atoms with van der Waals surface area (Å²) in [7, 11) is 0. The Bertz CT molecular complexity index is 695. The number of anilines is 3. The van der Waals surface area contributed by atoms with E-state index in [1.165, 1.54) is 12.1 Å². The van der Waals surface area contributed by atoms with E-state index in [0.717, 1.165) is 31.9 Å². The highest BCUT2D eigenvalue weighted by molar-refractivity contribution is 6.29. The second kappa shape index (κ2) is 6.25. The fourth-order valence-corrected chi connectivity index (χ4v) is 2.75. The van der Waals surface area contributed by atoms with Crippen LogP contribution in [-0.2, 0) is 0 Å². The molecule has 0 saturated carbocycles. The van der Waals surface area contributed by atoms with Crippen molar-refractivity contribution in [1.82, 2.24) is 9.97 Å². The molecule has 1 aliphatic rings. The fraction of sp³-hybridized carbons (Fsp3) is 0.286. The minimum absolute atomic E-state index is 0.0958. The van der Waals surface area contributed by atoms with Crippen molar-refractivity contribution < 1.29 is 4.92 Å². The Morgan fingerprint density at radius 3 is 2.26 bits per heavy atom. The maximum Gasteiger partial charge on any atom is 0.269 e. The summed E-state index contributed by atoms with van der Waals surface area (Å²) in [6.07, 6.45) is 0. The SMILES string of the molecule is Nc1nc(Cl)cc(N2CCN(c3ccc([N+](=O)[O-])cc3)CC2)n1. The molecule has 2 aromatic rings. The van der Waals surface area contributed by atoms with E-state index < -0.39 is 4.92 Å². The van der Waals surface area contributed by atoms with Crippen LogP contribution in [0.2, 0.25) is 5.15 Å². The van der Waals surface area contributed by atoms with Crippen molar-refractivity contribution in [3.8, 4) is 0 Å². The highest BCUT2D eigenvalue weighted by Crippen LogP contribution is 2.23. The molecule has 1 fully saturated rings. The second-order valence-electron chi connectivity index (χ2n) is 5.15. The van der Waals surface area contributed by atoms with Crippen molar-refractivity contribution >= 4 is 34.7 Å². The standard InChI is InChI=1S/C14H15ClN6O2/c15-12-9-13(18-14(16)17-12)20-7-5-19(6-8-20)10-1-3-11(4-2-10)21(22)23/h1-4,9H,5-8H2,(H2,16,17,18). The average Bonchev–Trinajstić information content (AvgIpc) is 2.54. The molecule has 2 heterocycles. The lowest BCUT2D eigenvalue weighted by Crippen LogP contribution is -2.46. The van der Waals surface area contributed by atoms with Gasteiger partial charge in [-0.15, -0.1) is 0 Å². The number of halogens is 1. The predicted molar refractivity (Wildman–Crippen MR) is 89.0 cm³/mol. The van der Waals surface area contributed by atoms with Crippen molar-refractivity contribution in [2.45, 2.75) is 0 Å². The first-order chi connectivity index (χ1) is 11.0. The molecule has 23 heavy (non-hydrogen) atoms. The lowest BCUT2D eigenvalue weighted by Gasteiger charge is -2.36. The van der Waals surface area contributed by atoms with Gasteiger partial charge in [-0.25, -0.2) is 4.98 Å². The van der Waals surface area contributed by atoms with E-state index in [9.17, 15) is 10.1 Å². The third kappa shape index (κ3) is 3.42. The molecule has 0 aliphatic carbocycles. The Morgan fingerprint density at radius 1 is 1.09 bits per heavy atom. The maximum atomic E-state index is 10.7. The summed E-state index contributed by atoms with van der Waals surface area (Å²) < 4.78 is 0. The monoisotopic (exact) mass is 334 g/mol. The van der Waals surface area contributed by atoms with Gasteiger partial charge in [0.15, 0.2) is 0 Å². The second-order valence-corrected chi connectivity index (χ2v) is 5.54. The van der Waals surface area contributed by atoms with Gasteiger partial charge >= 0.3 is 0 Å². The van der Waals surface area contributed by atoms with Crippen LogP contribution in [0.4, 0.5) is 23.1 Å². The summed E-state index contributed by atoms with van der Waals surface area (Å²) in [5.41, 5.74) is 6.69. The summed E-state index contributed by atoms with van der Waals surface area (Å²) in [5, 5.41) is 11.0. The van der Waals surface area contributed by atoms with E-state index in [-0.39, 0.29) is 11.6 Å². The minimum Gasteiger partial charge on any atom is -0.368 e. The van der Waals surface area contributed by atoms with Gasteiger partial charge in [-0.05, 0) is 12.1 Å². The van der Waals surface area contributed by atoms with Crippen LogP contribution in [0.5, 0.6) is 0 Å². The molecule has 120 valence electrons. The van der Waals surface area contributed by atoms with Crippen LogP contribution in [-0.4, -0.2) is 41.1 Å². The Kier molecular flexibility index (Phi) is 4.16. The van der Waals surface area contributed by atoms with Gasteiger partial charge in [0.05, 0.1) is 4.92 Å². The molecule has 8 nitrogen and oxygen atoms in total. The zero-order valence-corrected chi connectivity index (χ0v) is 13.0. The van der Waals surface area contributed by atoms with Gasteiger partial charge < -0.3 is 15.5 Å². The summed E-state index contributed by atoms with van der Waals surface area (Å²) in [6.45, 7) is 3.06. The molecule has 0 spiro atoms. The molecule has 1 aromatic heterocycles. The maximum absolute atomic E-state index is 10.7. The highest BCUT2D eigenvalue weighted by atomic mass is 35.5. The lowest BCUT2D eigenvalue weighted by molar-refractivity contribution is -0.384. The number of nitrogens with zero attached hydrogens (tertiary/aromatic N) is 5. The Labute approximate surface area is 137 Å². The van der Waals surface area contributed by atoms with E-state index in [4.69, 9.17) is 17.3 Å². The number of piperazine rings is 1. The normalized spacial score (nSPS) is 14.8. The molecule has 3 rings (SSSR count). The smallest absolute Gasteiger partial charge is 0.269 e. The summed E-state index contributed by atoms with van der Waals surface area (Å²) >= 11 is 5.91. The van der Waals surface area contributed by atoms with Gasteiger partial charge in [0.25, 0.3) is 5.69 Å². The van der Waals surface area contributed by atoms with Crippen molar-refractivity contribution in [2.75, 3.05) is 41.7 Å². The number of nitrogens with two attached hydrogens (primary N) is 1. The van der Waals surface area contributed by atoms with Crippen molar-refractivity contribution in [2.24, 2.45) is 0 Å².